The van der Waals surface area contributed by atoms with Gasteiger partial charge in [-0.25, -0.2) is 15.0 Å². The van der Waals surface area contributed by atoms with Crippen LogP contribution in [0.3, 0.4) is 0 Å². The molecule has 1 rings (SSSR count). The maximum absolute atomic E-state index is 9.25. The van der Waals surface area contributed by atoms with Gasteiger partial charge in [-0.15, -0.1) is 0 Å². The summed E-state index contributed by atoms with van der Waals surface area (Å²) < 4.78 is 18.5. The number of halogens is 1. The Kier molecular flexibility index (Phi) is 6.35. The normalized spacial score (nSPS) is 10.8. The van der Waals surface area contributed by atoms with Crippen molar-refractivity contribution < 1.29 is 8.76 Å². The van der Waals surface area contributed by atoms with Crippen LogP contribution in [0.2, 0.25) is 5.28 Å². The van der Waals surface area contributed by atoms with Gasteiger partial charge < -0.3 is 4.55 Å². The summed E-state index contributed by atoms with van der Waals surface area (Å²) in [6.07, 6.45) is 2.69. The van der Waals surface area contributed by atoms with Crippen LogP contribution in [-0.4, -0.2) is 23.7 Å². The largest absolute Gasteiger partial charge is 0.769 e. The number of aromatic nitrogens is 3. The Morgan fingerprint density at radius 2 is 2.00 bits per heavy atom. The van der Waals surface area contributed by atoms with E-state index in [2.05, 4.69) is 21.5 Å². The molecule has 12 heavy (non-hydrogen) atoms. The maximum Gasteiger partial charge on any atom is 0.225 e. The highest BCUT2D eigenvalue weighted by Gasteiger charge is 1.79. The Labute approximate surface area is 76.8 Å². The number of hydrogen-bond donors (Lipinski definition) is 0. The molecule has 5 nitrogen and oxygen atoms in total. The van der Waals surface area contributed by atoms with Crippen molar-refractivity contribution >= 4 is 22.7 Å². The third kappa shape index (κ3) is 7.26. The van der Waals surface area contributed by atoms with Gasteiger partial charge in [-0.1, -0.05) is 6.58 Å². The fraction of sp³-hybridized carbons (Fsp3) is 0. The average Bonchev–Trinajstić information content (AvgIpc) is 2.07. The maximum atomic E-state index is 9.25. The monoisotopic (exact) mass is 206 g/mol. The van der Waals surface area contributed by atoms with Crippen LogP contribution in [-0.2, 0) is 11.1 Å². The van der Waals surface area contributed by atoms with Gasteiger partial charge in [-0.05, 0) is 28.1 Å². The zero-order valence-electron chi connectivity index (χ0n) is 5.88. The van der Waals surface area contributed by atoms with E-state index < -0.39 is 11.1 Å². The van der Waals surface area contributed by atoms with E-state index >= 15 is 0 Å². The molecule has 66 valence electrons. The predicted octanol–water partition coefficient (Wildman–Crippen LogP) is 0.534. The fourth-order valence-electron chi connectivity index (χ4n) is 0.225. The second-order valence-electron chi connectivity index (χ2n) is 1.33. The summed E-state index contributed by atoms with van der Waals surface area (Å²) in [7, 11) is 0. The minimum absolute atomic E-state index is 0.231. The number of nitrogens with zero attached hydrogens (tertiary/aromatic N) is 3. The summed E-state index contributed by atoms with van der Waals surface area (Å²) in [5, 5.41) is 1.06. The van der Waals surface area contributed by atoms with Crippen LogP contribution in [0.5, 0.6) is 0 Å². The minimum Gasteiger partial charge on any atom is -0.769 e. The van der Waals surface area contributed by atoms with Gasteiger partial charge in [0.1, 0.15) is 12.7 Å². The summed E-state index contributed by atoms with van der Waals surface area (Å²) in [6, 6.07) is 0. The minimum atomic E-state index is -2.06. The quantitative estimate of drug-likeness (QED) is 0.627. The van der Waals surface area contributed by atoms with Gasteiger partial charge in [-0.3, -0.25) is 4.21 Å². The molecule has 0 saturated heterocycles. The van der Waals surface area contributed by atoms with E-state index in [9.17, 15) is 8.76 Å². The third-order valence-corrected chi connectivity index (χ3v) is 1.07. The molecule has 0 amide bonds. The van der Waals surface area contributed by atoms with Gasteiger partial charge in [0.15, 0.2) is 0 Å². The van der Waals surface area contributed by atoms with Crippen LogP contribution >= 0.6 is 11.6 Å². The van der Waals surface area contributed by atoms with E-state index in [4.69, 9.17) is 11.6 Å². The van der Waals surface area contributed by atoms with Crippen molar-refractivity contribution in [2.24, 2.45) is 0 Å². The van der Waals surface area contributed by atoms with E-state index in [1.807, 2.05) is 0 Å². The molecule has 0 aliphatic rings. The second kappa shape index (κ2) is 6.84. The van der Waals surface area contributed by atoms with E-state index in [1.54, 1.807) is 0 Å². The SMILES string of the molecule is C=CS(=O)[O-].Clc1ncncn1. The molecule has 1 heterocycles. The van der Waals surface area contributed by atoms with Gasteiger partial charge in [-0.2, -0.15) is 0 Å². The summed E-state index contributed by atoms with van der Waals surface area (Å²) in [5.74, 6) is 0. The zero-order valence-corrected chi connectivity index (χ0v) is 7.46. The standard InChI is InChI=1S/C3H2ClN3.C2H4O2S/c4-3-6-1-5-2-7-3;1-2-5(3)4/h1-2H;2H,1H2,(H,3,4)/p-1. The lowest BCUT2D eigenvalue weighted by Gasteiger charge is -1.88. The lowest BCUT2D eigenvalue weighted by Crippen LogP contribution is -1.79. The Morgan fingerprint density at radius 3 is 2.17 bits per heavy atom. The van der Waals surface area contributed by atoms with Crippen LogP contribution in [0.25, 0.3) is 0 Å². The van der Waals surface area contributed by atoms with Crippen molar-refractivity contribution in [3.63, 3.8) is 0 Å². The van der Waals surface area contributed by atoms with Crippen LogP contribution in [0, 0.1) is 0 Å². The van der Waals surface area contributed by atoms with E-state index in [0.717, 1.165) is 5.41 Å². The van der Waals surface area contributed by atoms with Gasteiger partial charge >= 0.3 is 0 Å². The second-order valence-corrected chi connectivity index (χ2v) is 2.53. The molecule has 1 aromatic heterocycles. The Balaban J connectivity index is 0.000000217. The zero-order chi connectivity index (χ0) is 9.40. The van der Waals surface area contributed by atoms with Gasteiger partial charge in [0.25, 0.3) is 0 Å². The first-order chi connectivity index (χ1) is 5.66. The van der Waals surface area contributed by atoms with E-state index in [0.29, 0.717) is 0 Å². The Hall–Kier alpha value is -0.850. The molecule has 0 N–H and O–H groups in total. The highest BCUT2D eigenvalue weighted by molar-refractivity contribution is 7.82. The molecule has 0 aliphatic heterocycles. The molecule has 0 aromatic carbocycles. The molecular weight excluding hydrogens is 202 g/mol. The van der Waals surface area contributed by atoms with Gasteiger partial charge in [0.2, 0.25) is 5.28 Å². The first kappa shape index (κ1) is 11.2. The first-order valence-electron chi connectivity index (χ1n) is 2.65. The molecule has 0 saturated carbocycles. The van der Waals surface area contributed by atoms with Crippen LogP contribution in [0.1, 0.15) is 0 Å². The summed E-state index contributed by atoms with van der Waals surface area (Å²) in [6.45, 7) is 2.95. The molecular formula is C5H5ClN3O2S-. The molecule has 0 spiro atoms. The van der Waals surface area contributed by atoms with Crippen molar-refractivity contribution in [1.29, 1.82) is 0 Å². The van der Waals surface area contributed by atoms with Crippen molar-refractivity contribution in [2.45, 2.75) is 0 Å². The molecule has 1 unspecified atom stereocenters. The summed E-state index contributed by atoms with van der Waals surface area (Å²) >= 11 is 3.22. The smallest absolute Gasteiger partial charge is 0.225 e. The lowest BCUT2D eigenvalue weighted by molar-refractivity contribution is 0.546. The molecule has 0 fully saturated rings. The lowest BCUT2D eigenvalue weighted by atomic mass is 11.1. The van der Waals surface area contributed by atoms with E-state index in [1.165, 1.54) is 12.7 Å². The Bertz CT molecular complexity index is 256. The molecule has 1 aromatic rings. The molecule has 7 heteroatoms. The van der Waals surface area contributed by atoms with Crippen LogP contribution in [0.4, 0.5) is 0 Å². The average molecular weight is 207 g/mol. The van der Waals surface area contributed by atoms with Crippen molar-refractivity contribution in [3.05, 3.63) is 29.9 Å². The summed E-state index contributed by atoms with van der Waals surface area (Å²) in [4.78, 5) is 10.6. The number of hydrogen-bond acceptors (Lipinski definition) is 5. The fourth-order valence-corrected chi connectivity index (χ4v) is 0.312. The molecule has 0 aliphatic carbocycles. The van der Waals surface area contributed by atoms with Crippen LogP contribution in [0.15, 0.2) is 24.6 Å². The third-order valence-electron chi connectivity index (χ3n) is 0.598. The Morgan fingerprint density at radius 1 is 1.58 bits per heavy atom. The molecule has 1 atom stereocenters. The van der Waals surface area contributed by atoms with E-state index in [-0.39, 0.29) is 5.28 Å². The van der Waals surface area contributed by atoms with Gasteiger partial charge in [0, 0.05) is 0 Å². The predicted molar refractivity (Wildman–Crippen MR) is 44.0 cm³/mol. The molecule has 0 bridgehead atoms. The van der Waals surface area contributed by atoms with Crippen molar-refractivity contribution in [2.75, 3.05) is 0 Å². The van der Waals surface area contributed by atoms with Gasteiger partial charge in [0.05, 0.1) is 0 Å². The summed E-state index contributed by atoms with van der Waals surface area (Å²) in [5.41, 5.74) is 0. The highest BCUT2D eigenvalue weighted by atomic mass is 35.5. The van der Waals surface area contributed by atoms with Crippen LogP contribution < -0.4 is 0 Å². The van der Waals surface area contributed by atoms with Crippen molar-refractivity contribution in [3.8, 4) is 0 Å². The first-order valence-corrected chi connectivity index (χ1v) is 4.16. The molecule has 0 radical (unpaired) electrons. The topological polar surface area (TPSA) is 78.8 Å². The van der Waals surface area contributed by atoms with Crippen molar-refractivity contribution in [1.82, 2.24) is 15.0 Å². The highest BCUT2D eigenvalue weighted by Crippen LogP contribution is 1.90. The number of rotatable bonds is 1.